The van der Waals surface area contributed by atoms with Gasteiger partial charge in [0, 0.05) is 6.42 Å². The standard InChI is InChI=1S/C39H58O9/c1-7-35(4,32(42)46-29-14-30(40)45-19-29)21-36(5,33(43)47-37(6)27-10-23-8-24(12-27)13-28(37)11-23)20-34(2,3)31(41)48-39-17-25-9-26(18-39)16-38(44,15-25)22-39/h23-29,44H,7-22H2,1-6H3. The maximum Gasteiger partial charge on any atom is 0.312 e. The van der Waals surface area contributed by atoms with E-state index in [1.54, 1.807) is 0 Å². The number of hydrogen-bond acceptors (Lipinski definition) is 9. The SMILES string of the molecule is CCC(C)(CC(C)(CC(C)(C)C(=O)OC12CC3CC(CC(O)(C3)C1)C2)C(=O)OC1(C)C2CC3CC(C2)CC1C3)C(=O)OC1COC(=O)C1. The molecule has 8 saturated carbocycles. The van der Waals surface area contributed by atoms with Crippen molar-refractivity contribution in [3.63, 3.8) is 0 Å². The molecule has 0 aromatic carbocycles. The topological polar surface area (TPSA) is 125 Å². The van der Waals surface area contributed by atoms with Gasteiger partial charge < -0.3 is 24.1 Å². The van der Waals surface area contributed by atoms with Crippen molar-refractivity contribution in [3.8, 4) is 0 Å². The van der Waals surface area contributed by atoms with Crippen molar-refractivity contribution < 1.29 is 43.2 Å². The molecule has 9 heteroatoms. The summed E-state index contributed by atoms with van der Waals surface area (Å²) in [7, 11) is 0. The molecule has 5 atom stereocenters. The van der Waals surface area contributed by atoms with Crippen LogP contribution in [-0.2, 0) is 38.1 Å². The van der Waals surface area contributed by atoms with Gasteiger partial charge in [0.15, 0.2) is 0 Å². The predicted molar refractivity (Wildman–Crippen MR) is 175 cm³/mol. The molecule has 5 unspecified atom stereocenters. The number of hydrogen-bond donors (Lipinski definition) is 1. The highest BCUT2D eigenvalue weighted by Crippen LogP contribution is 2.61. The van der Waals surface area contributed by atoms with E-state index in [0.717, 1.165) is 57.8 Å². The van der Waals surface area contributed by atoms with Crippen LogP contribution >= 0.6 is 0 Å². The Morgan fingerprint density at radius 3 is 1.90 bits per heavy atom. The number of esters is 4. The van der Waals surface area contributed by atoms with Gasteiger partial charge in [-0.25, -0.2) is 0 Å². The smallest absolute Gasteiger partial charge is 0.312 e. The average Bonchev–Trinajstić information content (AvgIpc) is 3.37. The molecule has 9 rings (SSSR count). The molecule has 0 amide bonds. The second-order valence-corrected chi connectivity index (χ2v) is 19.3. The molecule has 0 spiro atoms. The molecule has 8 bridgehead atoms. The van der Waals surface area contributed by atoms with Crippen molar-refractivity contribution in [1.82, 2.24) is 0 Å². The Labute approximate surface area is 285 Å². The van der Waals surface area contributed by atoms with E-state index in [4.69, 9.17) is 18.9 Å². The fraction of sp³-hybridized carbons (Fsp3) is 0.897. The molecule has 8 aliphatic carbocycles. The summed E-state index contributed by atoms with van der Waals surface area (Å²) < 4.78 is 24.0. The summed E-state index contributed by atoms with van der Waals surface area (Å²) in [6, 6.07) is 0. The Bertz CT molecular complexity index is 1310. The van der Waals surface area contributed by atoms with Gasteiger partial charge >= 0.3 is 23.9 Å². The molecule has 1 saturated heterocycles. The van der Waals surface area contributed by atoms with Crippen molar-refractivity contribution in [2.24, 2.45) is 51.8 Å². The predicted octanol–water partition coefficient (Wildman–Crippen LogP) is 6.46. The fourth-order valence-corrected chi connectivity index (χ4v) is 12.5. The molecule has 0 radical (unpaired) electrons. The van der Waals surface area contributed by atoms with Gasteiger partial charge in [0.2, 0.25) is 0 Å². The third-order valence-corrected chi connectivity index (χ3v) is 14.4. The molecule has 9 nitrogen and oxygen atoms in total. The number of aliphatic hydroxyl groups is 1. The normalized spacial score (nSPS) is 43.3. The molecular formula is C39H58O9. The molecule has 0 aromatic heterocycles. The van der Waals surface area contributed by atoms with Crippen LogP contribution in [0.4, 0.5) is 0 Å². The Morgan fingerprint density at radius 1 is 0.792 bits per heavy atom. The van der Waals surface area contributed by atoms with Crippen LogP contribution in [0.1, 0.15) is 138 Å². The highest BCUT2D eigenvalue weighted by molar-refractivity contribution is 5.83. The number of cyclic esters (lactones) is 1. The zero-order chi connectivity index (χ0) is 34.5. The van der Waals surface area contributed by atoms with Gasteiger partial charge in [0.1, 0.15) is 23.9 Å². The van der Waals surface area contributed by atoms with E-state index in [1.165, 1.54) is 6.42 Å². The number of rotatable bonds is 11. The lowest BCUT2D eigenvalue weighted by Gasteiger charge is -2.60. The Kier molecular flexibility index (Phi) is 8.17. The third-order valence-electron chi connectivity index (χ3n) is 14.4. The van der Waals surface area contributed by atoms with E-state index in [0.29, 0.717) is 48.3 Å². The largest absolute Gasteiger partial charge is 0.462 e. The summed E-state index contributed by atoms with van der Waals surface area (Å²) in [6.07, 6.45) is 10.4. The van der Waals surface area contributed by atoms with Crippen LogP contribution in [0.2, 0.25) is 0 Å². The minimum Gasteiger partial charge on any atom is -0.462 e. The van der Waals surface area contributed by atoms with E-state index < -0.39 is 51.1 Å². The van der Waals surface area contributed by atoms with Crippen molar-refractivity contribution in [2.75, 3.05) is 6.61 Å². The zero-order valence-corrected chi connectivity index (χ0v) is 30.1. The first kappa shape index (κ1) is 34.3. The van der Waals surface area contributed by atoms with E-state index in [1.807, 2.05) is 34.6 Å². The molecule has 1 aliphatic heterocycles. The van der Waals surface area contributed by atoms with Gasteiger partial charge in [-0.15, -0.1) is 0 Å². The lowest BCUT2D eigenvalue weighted by atomic mass is 9.50. The summed E-state index contributed by atoms with van der Waals surface area (Å²) in [4.78, 5) is 54.6. The summed E-state index contributed by atoms with van der Waals surface area (Å²) >= 11 is 0. The van der Waals surface area contributed by atoms with E-state index in [9.17, 15) is 24.3 Å². The highest BCUT2D eigenvalue weighted by Gasteiger charge is 2.62. The molecule has 0 aromatic rings. The number of ether oxygens (including phenoxy) is 4. The third kappa shape index (κ3) is 6.00. The second kappa shape index (κ2) is 11.4. The van der Waals surface area contributed by atoms with E-state index in [-0.39, 0.29) is 37.8 Å². The summed E-state index contributed by atoms with van der Waals surface area (Å²) in [5.74, 6) is 1.21. The quantitative estimate of drug-likeness (QED) is 0.195. The average molecular weight is 671 g/mol. The van der Waals surface area contributed by atoms with Crippen LogP contribution in [0, 0.1) is 51.8 Å². The van der Waals surface area contributed by atoms with Gasteiger partial charge in [0.25, 0.3) is 0 Å². The van der Waals surface area contributed by atoms with Gasteiger partial charge in [-0.05, 0) is 154 Å². The van der Waals surface area contributed by atoms with Crippen LogP contribution in [0.5, 0.6) is 0 Å². The minimum atomic E-state index is -1.22. The van der Waals surface area contributed by atoms with Crippen LogP contribution in [0.3, 0.4) is 0 Å². The maximum absolute atomic E-state index is 14.8. The second-order valence-electron chi connectivity index (χ2n) is 19.3. The van der Waals surface area contributed by atoms with E-state index in [2.05, 4.69) is 6.92 Å². The van der Waals surface area contributed by atoms with Gasteiger partial charge in [0.05, 0.1) is 28.3 Å². The van der Waals surface area contributed by atoms with E-state index >= 15 is 0 Å². The summed E-state index contributed by atoms with van der Waals surface area (Å²) in [6.45, 7) is 11.4. The van der Waals surface area contributed by atoms with Gasteiger partial charge in [-0.2, -0.15) is 0 Å². The Hall–Kier alpha value is -2.16. The Balaban J connectivity index is 1.14. The van der Waals surface area contributed by atoms with Crippen LogP contribution in [-0.4, -0.2) is 58.5 Å². The van der Waals surface area contributed by atoms with Crippen molar-refractivity contribution >= 4 is 23.9 Å². The molecular weight excluding hydrogens is 612 g/mol. The van der Waals surface area contributed by atoms with Crippen molar-refractivity contribution in [2.45, 2.75) is 161 Å². The lowest BCUT2D eigenvalue weighted by Crippen LogP contribution is -2.61. The molecule has 1 N–H and O–H groups in total. The van der Waals surface area contributed by atoms with Crippen LogP contribution in [0.15, 0.2) is 0 Å². The Morgan fingerprint density at radius 2 is 1.38 bits per heavy atom. The molecule has 1 heterocycles. The fourth-order valence-electron chi connectivity index (χ4n) is 12.5. The van der Waals surface area contributed by atoms with Gasteiger partial charge in [-0.3, -0.25) is 19.2 Å². The monoisotopic (exact) mass is 670 g/mol. The first-order valence-corrected chi connectivity index (χ1v) is 18.9. The lowest BCUT2D eigenvalue weighted by molar-refractivity contribution is -0.227. The van der Waals surface area contributed by atoms with Crippen molar-refractivity contribution in [3.05, 3.63) is 0 Å². The number of carbonyl (C=O) groups is 4. The molecule has 9 aliphatic rings. The van der Waals surface area contributed by atoms with Gasteiger partial charge in [-0.1, -0.05) is 6.92 Å². The number of carbonyl (C=O) groups excluding carboxylic acids is 4. The maximum atomic E-state index is 14.8. The molecule has 48 heavy (non-hydrogen) atoms. The zero-order valence-electron chi connectivity index (χ0n) is 30.1. The van der Waals surface area contributed by atoms with Crippen LogP contribution < -0.4 is 0 Å². The first-order chi connectivity index (χ1) is 22.4. The van der Waals surface area contributed by atoms with Crippen LogP contribution in [0.25, 0.3) is 0 Å². The summed E-state index contributed by atoms with van der Waals surface area (Å²) in [5, 5.41) is 11.3. The molecule has 268 valence electrons. The summed E-state index contributed by atoms with van der Waals surface area (Å²) in [5.41, 5.74) is -5.37. The van der Waals surface area contributed by atoms with Crippen molar-refractivity contribution in [1.29, 1.82) is 0 Å². The minimum absolute atomic E-state index is 0.0193. The first-order valence-electron chi connectivity index (χ1n) is 18.9. The highest BCUT2D eigenvalue weighted by atomic mass is 16.6. The molecule has 9 fully saturated rings.